The zero-order chi connectivity index (χ0) is 25.7. The van der Waals surface area contributed by atoms with Crippen molar-refractivity contribution in [3.8, 4) is 22.9 Å². The molecule has 0 atom stereocenters. The van der Waals surface area contributed by atoms with Crippen LogP contribution in [0.4, 0.5) is 0 Å². The highest BCUT2D eigenvalue weighted by molar-refractivity contribution is 6.74. The van der Waals surface area contributed by atoms with Crippen molar-refractivity contribution in [3.05, 3.63) is 78.4 Å². The summed E-state index contributed by atoms with van der Waals surface area (Å²) in [6.07, 6.45) is 0. The number of nitrogens with zero attached hydrogens (tertiary/aromatic N) is 3. The number of aryl methyl sites for hydroxylation is 2. The topological polar surface area (TPSA) is 41.2 Å². The first-order valence-corrected chi connectivity index (χ1v) is 15.4. The van der Waals surface area contributed by atoms with Gasteiger partial charge in [0.1, 0.15) is 23.8 Å². The molecule has 0 radical (unpaired) electrons. The molecule has 2 aromatic heterocycles. The average molecular weight is 498 g/mol. The second-order valence-electron chi connectivity index (χ2n) is 11.1. The van der Waals surface area contributed by atoms with Gasteiger partial charge in [-0.25, -0.2) is 0 Å². The predicted octanol–water partition coefficient (Wildman–Crippen LogP) is 7.70. The molecule has 6 heteroatoms. The molecule has 0 aliphatic carbocycles. The summed E-state index contributed by atoms with van der Waals surface area (Å²) in [5.41, 5.74) is 5.37. The van der Waals surface area contributed by atoms with Gasteiger partial charge in [-0.05, 0) is 60.1 Å². The summed E-state index contributed by atoms with van der Waals surface area (Å²) in [7, 11) is 2.17. The van der Waals surface area contributed by atoms with E-state index in [4.69, 9.17) is 14.3 Å². The van der Waals surface area contributed by atoms with Crippen LogP contribution < -0.4 is 9.16 Å². The van der Waals surface area contributed by atoms with Crippen molar-refractivity contribution in [1.29, 1.82) is 0 Å². The maximum atomic E-state index is 6.59. The quantitative estimate of drug-likeness (QED) is 0.226. The molecular formula is C30H35N3O2Si. The first kappa shape index (κ1) is 24.2. The third-order valence-electron chi connectivity index (χ3n) is 7.51. The van der Waals surface area contributed by atoms with Gasteiger partial charge in [-0.15, -0.1) is 0 Å². The average Bonchev–Trinajstić information content (AvgIpc) is 3.33. The lowest BCUT2D eigenvalue weighted by Gasteiger charge is -2.36. The molecule has 186 valence electrons. The maximum Gasteiger partial charge on any atom is 0.250 e. The molecule has 2 heterocycles. The van der Waals surface area contributed by atoms with Gasteiger partial charge in [0, 0.05) is 30.9 Å². The van der Waals surface area contributed by atoms with Crippen molar-refractivity contribution < 1.29 is 9.16 Å². The molecule has 0 unspecified atom stereocenters. The van der Waals surface area contributed by atoms with Gasteiger partial charge in [-0.2, -0.15) is 5.10 Å². The normalized spacial score (nSPS) is 12.4. The summed E-state index contributed by atoms with van der Waals surface area (Å²) in [6, 6.07) is 25.1. The van der Waals surface area contributed by atoms with E-state index >= 15 is 0 Å². The number of hydrogen-bond donors (Lipinski definition) is 0. The first-order valence-electron chi connectivity index (χ1n) is 12.5. The van der Waals surface area contributed by atoms with Crippen LogP contribution in [0, 0.1) is 0 Å². The monoisotopic (exact) mass is 497 g/mol. The minimum Gasteiger partial charge on any atom is -0.543 e. The Hall–Kier alpha value is -3.51. The van der Waals surface area contributed by atoms with Crippen LogP contribution in [0.15, 0.2) is 72.8 Å². The maximum absolute atomic E-state index is 6.59. The molecule has 0 spiro atoms. The number of aromatic nitrogens is 3. The van der Waals surface area contributed by atoms with E-state index in [1.165, 1.54) is 5.39 Å². The van der Waals surface area contributed by atoms with E-state index in [1.54, 1.807) is 0 Å². The van der Waals surface area contributed by atoms with Gasteiger partial charge in [0.25, 0.3) is 0 Å². The van der Waals surface area contributed by atoms with Crippen LogP contribution >= 0.6 is 0 Å². The number of fused-ring (bicyclic) bond motifs is 2. The second kappa shape index (κ2) is 8.86. The standard InChI is InChI=1S/C30H35N3O2Si/c1-30(2,3)36(6,7)35-24-14-13-22-17-28(32(4)27(22)19-24)29-25-18-23(15-16-26(25)33(5)31-29)34-20-21-11-9-8-10-12-21/h8-19H,20H2,1-7H3. The molecule has 5 rings (SSSR count). The van der Waals surface area contributed by atoms with Gasteiger partial charge in [0.05, 0.1) is 16.7 Å². The highest BCUT2D eigenvalue weighted by atomic mass is 28.4. The minimum absolute atomic E-state index is 0.147. The Labute approximate surface area is 214 Å². The van der Waals surface area contributed by atoms with E-state index in [9.17, 15) is 0 Å². The lowest BCUT2D eigenvalue weighted by molar-refractivity contribution is 0.306. The van der Waals surface area contributed by atoms with E-state index in [2.05, 4.69) is 94.0 Å². The van der Waals surface area contributed by atoms with Crippen molar-refractivity contribution in [2.24, 2.45) is 14.1 Å². The van der Waals surface area contributed by atoms with Gasteiger partial charge < -0.3 is 13.7 Å². The van der Waals surface area contributed by atoms with Crippen LogP contribution in [-0.4, -0.2) is 22.7 Å². The van der Waals surface area contributed by atoms with Crippen molar-refractivity contribution in [1.82, 2.24) is 14.3 Å². The third-order valence-corrected chi connectivity index (χ3v) is 11.9. The van der Waals surface area contributed by atoms with Crippen LogP contribution in [0.3, 0.4) is 0 Å². The largest absolute Gasteiger partial charge is 0.543 e. The highest BCUT2D eigenvalue weighted by Gasteiger charge is 2.39. The van der Waals surface area contributed by atoms with E-state index < -0.39 is 8.32 Å². The van der Waals surface area contributed by atoms with Crippen molar-refractivity contribution in [2.45, 2.75) is 45.5 Å². The summed E-state index contributed by atoms with van der Waals surface area (Å²) in [6.45, 7) is 11.9. The molecule has 0 N–H and O–H groups in total. The Morgan fingerprint density at radius 1 is 0.833 bits per heavy atom. The molecule has 3 aromatic carbocycles. The van der Waals surface area contributed by atoms with Crippen molar-refractivity contribution >= 4 is 30.1 Å². The highest BCUT2D eigenvalue weighted by Crippen LogP contribution is 2.39. The van der Waals surface area contributed by atoms with Gasteiger partial charge in [-0.3, -0.25) is 4.68 Å². The zero-order valence-electron chi connectivity index (χ0n) is 22.3. The zero-order valence-corrected chi connectivity index (χ0v) is 23.3. The second-order valence-corrected chi connectivity index (χ2v) is 15.8. The van der Waals surface area contributed by atoms with Gasteiger partial charge in [0.2, 0.25) is 8.32 Å². The minimum atomic E-state index is -1.92. The molecule has 0 aliphatic rings. The molecule has 0 aliphatic heterocycles. The Morgan fingerprint density at radius 3 is 2.28 bits per heavy atom. The smallest absolute Gasteiger partial charge is 0.250 e. The van der Waals surface area contributed by atoms with Crippen LogP contribution in [-0.2, 0) is 20.7 Å². The summed E-state index contributed by atoms with van der Waals surface area (Å²) in [5.74, 6) is 1.77. The summed E-state index contributed by atoms with van der Waals surface area (Å²) >= 11 is 0. The molecule has 36 heavy (non-hydrogen) atoms. The number of benzene rings is 3. The molecule has 0 saturated heterocycles. The summed E-state index contributed by atoms with van der Waals surface area (Å²) < 4.78 is 16.9. The van der Waals surface area contributed by atoms with Crippen LogP contribution in [0.25, 0.3) is 33.2 Å². The third kappa shape index (κ3) is 4.41. The van der Waals surface area contributed by atoms with Crippen molar-refractivity contribution in [2.75, 3.05) is 0 Å². The first-order chi connectivity index (χ1) is 17.0. The van der Waals surface area contributed by atoms with Crippen LogP contribution in [0.1, 0.15) is 26.3 Å². The summed E-state index contributed by atoms with van der Waals surface area (Å²) in [4.78, 5) is 0. The van der Waals surface area contributed by atoms with Crippen molar-refractivity contribution in [3.63, 3.8) is 0 Å². The van der Waals surface area contributed by atoms with Gasteiger partial charge in [0.15, 0.2) is 0 Å². The molecule has 5 aromatic rings. The Balaban J connectivity index is 1.51. The number of ether oxygens (including phenoxy) is 1. The van der Waals surface area contributed by atoms with Crippen LogP contribution in [0.2, 0.25) is 18.1 Å². The van der Waals surface area contributed by atoms with Gasteiger partial charge >= 0.3 is 0 Å². The molecule has 0 fully saturated rings. The molecule has 5 nitrogen and oxygen atoms in total. The fourth-order valence-electron chi connectivity index (χ4n) is 4.31. The van der Waals surface area contributed by atoms with Gasteiger partial charge in [-0.1, -0.05) is 51.1 Å². The number of hydrogen-bond acceptors (Lipinski definition) is 3. The summed E-state index contributed by atoms with van der Waals surface area (Å²) in [5, 5.41) is 7.30. The molecule has 0 bridgehead atoms. The fourth-order valence-corrected chi connectivity index (χ4v) is 5.34. The van der Waals surface area contributed by atoms with E-state index in [0.717, 1.165) is 44.9 Å². The SMILES string of the molecule is Cn1nc(-c2cc3ccc(O[Si](C)(C)C(C)(C)C)cc3n2C)c2cc(OCc3ccccc3)ccc21. The molecule has 0 amide bonds. The van der Waals surface area contributed by atoms with Crippen LogP contribution in [0.5, 0.6) is 11.5 Å². The molecule has 0 saturated carbocycles. The Morgan fingerprint density at radius 2 is 1.56 bits per heavy atom. The lowest BCUT2D eigenvalue weighted by atomic mass is 10.1. The number of rotatable bonds is 6. The lowest BCUT2D eigenvalue weighted by Crippen LogP contribution is -2.43. The Kier molecular flexibility index (Phi) is 5.95. The predicted molar refractivity (Wildman–Crippen MR) is 151 cm³/mol. The van der Waals surface area contributed by atoms with E-state index in [1.807, 2.05) is 36.0 Å². The fraction of sp³-hybridized carbons (Fsp3) is 0.300. The van der Waals surface area contributed by atoms with E-state index in [-0.39, 0.29) is 5.04 Å². The molecular weight excluding hydrogens is 462 g/mol. The van der Waals surface area contributed by atoms with E-state index in [0.29, 0.717) is 6.61 Å². The Bertz CT molecular complexity index is 1540.